The molecule has 0 aliphatic carbocycles. The van der Waals surface area contributed by atoms with Gasteiger partial charge in [0.25, 0.3) is 0 Å². The molecule has 1 aromatic carbocycles. The molecular weight excluding hydrogens is 446 g/mol. The SMILES string of the molecule is CO[C@@H]1COC(=O)C/C=C/[C@@H](C)[C@H](NS(=O)(=O)c2ccc(C)cc2)COC(=O)C/C=C/[C@H]1C. The number of esters is 2. The second kappa shape index (κ2) is 12.7. The van der Waals surface area contributed by atoms with Crippen LogP contribution >= 0.6 is 0 Å². The molecule has 1 heterocycles. The molecule has 8 nitrogen and oxygen atoms in total. The monoisotopic (exact) mass is 479 g/mol. The number of carbonyl (C=O) groups is 2. The normalized spacial score (nSPS) is 27.9. The summed E-state index contributed by atoms with van der Waals surface area (Å²) in [5.41, 5.74) is 0.940. The van der Waals surface area contributed by atoms with Crippen molar-refractivity contribution >= 4 is 22.0 Å². The summed E-state index contributed by atoms with van der Waals surface area (Å²) in [4.78, 5) is 24.4. The lowest BCUT2D eigenvalue weighted by molar-refractivity contribution is -0.147. The number of carbonyl (C=O) groups excluding carboxylic acids is 2. The summed E-state index contributed by atoms with van der Waals surface area (Å²) >= 11 is 0. The summed E-state index contributed by atoms with van der Waals surface area (Å²) in [6, 6.07) is 5.75. The van der Waals surface area contributed by atoms with E-state index in [9.17, 15) is 18.0 Å². The molecule has 0 fully saturated rings. The summed E-state index contributed by atoms with van der Waals surface area (Å²) in [5, 5.41) is 0. The molecule has 2 rings (SSSR count). The van der Waals surface area contributed by atoms with Gasteiger partial charge in [0.2, 0.25) is 10.0 Å². The van der Waals surface area contributed by atoms with Gasteiger partial charge < -0.3 is 14.2 Å². The molecule has 0 saturated carbocycles. The molecule has 4 atom stereocenters. The Morgan fingerprint density at radius 2 is 1.45 bits per heavy atom. The van der Waals surface area contributed by atoms with Crippen LogP contribution in [-0.2, 0) is 33.8 Å². The number of rotatable bonds is 4. The van der Waals surface area contributed by atoms with E-state index in [1.165, 1.54) is 19.2 Å². The van der Waals surface area contributed by atoms with Gasteiger partial charge in [-0.25, -0.2) is 13.1 Å². The summed E-state index contributed by atoms with van der Waals surface area (Å²) < 4.78 is 44.4. The highest BCUT2D eigenvalue weighted by atomic mass is 32.2. The smallest absolute Gasteiger partial charge is 0.309 e. The predicted molar refractivity (Wildman–Crippen MR) is 124 cm³/mol. The Hall–Kier alpha value is -2.49. The van der Waals surface area contributed by atoms with Crippen LogP contribution in [-0.4, -0.2) is 52.8 Å². The van der Waals surface area contributed by atoms with Crippen LogP contribution in [0.5, 0.6) is 0 Å². The lowest BCUT2D eigenvalue weighted by atomic mass is 10.0. The molecule has 182 valence electrons. The minimum absolute atomic E-state index is 0.0300. The van der Waals surface area contributed by atoms with Crippen LogP contribution in [0, 0.1) is 18.8 Å². The van der Waals surface area contributed by atoms with Gasteiger partial charge in [0, 0.05) is 13.0 Å². The third kappa shape index (κ3) is 8.75. The fraction of sp³-hybridized carbons (Fsp3) is 0.500. The van der Waals surface area contributed by atoms with Crippen molar-refractivity contribution in [2.75, 3.05) is 20.3 Å². The van der Waals surface area contributed by atoms with Crippen LogP contribution in [0.25, 0.3) is 0 Å². The zero-order chi connectivity index (χ0) is 24.4. The Morgan fingerprint density at radius 1 is 0.909 bits per heavy atom. The van der Waals surface area contributed by atoms with Crippen molar-refractivity contribution < 1.29 is 32.2 Å². The van der Waals surface area contributed by atoms with E-state index in [-0.39, 0.29) is 48.9 Å². The zero-order valence-corrected chi connectivity index (χ0v) is 20.3. The first-order chi connectivity index (χ1) is 15.6. The van der Waals surface area contributed by atoms with Gasteiger partial charge in [0.15, 0.2) is 0 Å². The Bertz CT molecular complexity index is 954. The van der Waals surface area contributed by atoms with Crippen molar-refractivity contribution in [3.8, 4) is 0 Å². The molecule has 0 radical (unpaired) electrons. The average Bonchev–Trinajstić information content (AvgIpc) is 2.76. The highest BCUT2D eigenvalue weighted by Gasteiger charge is 2.25. The van der Waals surface area contributed by atoms with E-state index in [2.05, 4.69) is 4.72 Å². The standard InChI is InChI=1S/C24H33NO7S/c1-17-11-13-20(14-12-17)33(28,29)25-21-15-31-23(26)10-6-8-19(3)22(30-4)16-32-24(27)9-5-7-18(21)2/h5-8,11-14,18-19,21-22,25H,9-10,15-16H2,1-4H3/b7-5+,8-6+/t18-,19-,21-,22-/m1/s1. The molecule has 0 amide bonds. The van der Waals surface area contributed by atoms with E-state index in [1.807, 2.05) is 13.8 Å². The largest absolute Gasteiger partial charge is 0.464 e. The quantitative estimate of drug-likeness (QED) is 0.522. The number of nitrogens with one attached hydrogen (secondary N) is 1. The second-order valence-corrected chi connectivity index (χ2v) is 9.88. The molecular formula is C24H33NO7S. The first-order valence-corrected chi connectivity index (χ1v) is 12.4. The number of aryl methyl sites for hydroxylation is 1. The summed E-state index contributed by atoms with van der Waals surface area (Å²) in [6.07, 6.45) is 6.53. The topological polar surface area (TPSA) is 108 Å². The van der Waals surface area contributed by atoms with Gasteiger partial charge in [0.1, 0.15) is 13.2 Å². The number of ether oxygens (including phenoxy) is 3. The minimum Gasteiger partial charge on any atom is -0.464 e. The number of hydrogen-bond acceptors (Lipinski definition) is 7. The van der Waals surface area contributed by atoms with Crippen LogP contribution in [0.4, 0.5) is 0 Å². The van der Waals surface area contributed by atoms with Crippen molar-refractivity contribution in [2.24, 2.45) is 11.8 Å². The van der Waals surface area contributed by atoms with Gasteiger partial charge in [0.05, 0.1) is 29.9 Å². The van der Waals surface area contributed by atoms with Crippen LogP contribution in [0.1, 0.15) is 32.3 Å². The van der Waals surface area contributed by atoms with Crippen molar-refractivity contribution in [1.29, 1.82) is 0 Å². The average molecular weight is 480 g/mol. The molecule has 0 unspecified atom stereocenters. The van der Waals surface area contributed by atoms with Crippen LogP contribution in [0.3, 0.4) is 0 Å². The maximum absolute atomic E-state index is 12.9. The second-order valence-electron chi connectivity index (χ2n) is 8.16. The highest BCUT2D eigenvalue weighted by Crippen LogP contribution is 2.16. The molecule has 0 aromatic heterocycles. The van der Waals surface area contributed by atoms with Crippen LogP contribution in [0.2, 0.25) is 0 Å². The first-order valence-electron chi connectivity index (χ1n) is 10.9. The molecule has 1 N–H and O–H groups in total. The Labute approximate surface area is 196 Å². The van der Waals surface area contributed by atoms with Crippen LogP contribution in [0.15, 0.2) is 53.5 Å². The van der Waals surface area contributed by atoms with E-state index in [0.29, 0.717) is 0 Å². The van der Waals surface area contributed by atoms with Gasteiger partial charge in [-0.05, 0) is 25.0 Å². The fourth-order valence-corrected chi connectivity index (χ4v) is 4.52. The number of hydrogen-bond donors (Lipinski definition) is 1. The molecule has 33 heavy (non-hydrogen) atoms. The van der Waals surface area contributed by atoms with Gasteiger partial charge in [-0.15, -0.1) is 0 Å². The Kier molecular flexibility index (Phi) is 10.3. The number of sulfonamides is 1. The van der Waals surface area contributed by atoms with Crippen LogP contribution < -0.4 is 4.72 Å². The van der Waals surface area contributed by atoms with E-state index >= 15 is 0 Å². The fourth-order valence-electron chi connectivity index (χ4n) is 3.20. The van der Waals surface area contributed by atoms with Gasteiger partial charge in [-0.3, -0.25) is 9.59 Å². The Balaban J connectivity index is 2.20. The van der Waals surface area contributed by atoms with Crippen molar-refractivity contribution in [2.45, 2.75) is 50.7 Å². The third-order valence-electron chi connectivity index (χ3n) is 5.44. The molecule has 0 bridgehead atoms. The molecule has 0 spiro atoms. The lowest BCUT2D eigenvalue weighted by Gasteiger charge is -2.23. The molecule has 1 aromatic rings. The van der Waals surface area contributed by atoms with Crippen molar-refractivity contribution in [1.82, 2.24) is 4.72 Å². The highest BCUT2D eigenvalue weighted by molar-refractivity contribution is 7.89. The predicted octanol–water partition coefficient (Wildman–Crippen LogP) is 2.92. The van der Waals surface area contributed by atoms with Crippen molar-refractivity contribution in [3.05, 3.63) is 54.1 Å². The third-order valence-corrected chi connectivity index (χ3v) is 6.95. The van der Waals surface area contributed by atoms with E-state index < -0.39 is 28.0 Å². The first kappa shape index (κ1) is 26.8. The molecule has 1 aliphatic rings. The maximum atomic E-state index is 12.9. The van der Waals surface area contributed by atoms with E-state index in [4.69, 9.17) is 14.2 Å². The molecule has 9 heteroatoms. The Morgan fingerprint density at radius 3 is 2.03 bits per heavy atom. The number of methoxy groups -OCH3 is 1. The van der Waals surface area contributed by atoms with Gasteiger partial charge in [-0.1, -0.05) is 55.8 Å². The maximum Gasteiger partial charge on any atom is 0.309 e. The van der Waals surface area contributed by atoms with Gasteiger partial charge >= 0.3 is 11.9 Å². The molecule has 0 saturated heterocycles. The molecule has 1 aliphatic heterocycles. The van der Waals surface area contributed by atoms with E-state index in [0.717, 1.165) is 5.56 Å². The van der Waals surface area contributed by atoms with Gasteiger partial charge in [-0.2, -0.15) is 0 Å². The lowest BCUT2D eigenvalue weighted by Crippen LogP contribution is -2.42. The number of benzene rings is 1. The number of cyclic esters (lactones) is 2. The summed E-state index contributed by atoms with van der Waals surface area (Å²) in [6.45, 7) is 5.49. The summed E-state index contributed by atoms with van der Waals surface area (Å²) in [5.74, 6) is -1.33. The summed E-state index contributed by atoms with van der Waals surface area (Å²) in [7, 11) is -2.30. The zero-order valence-electron chi connectivity index (χ0n) is 19.5. The van der Waals surface area contributed by atoms with E-state index in [1.54, 1.807) is 43.4 Å². The van der Waals surface area contributed by atoms with Crippen molar-refractivity contribution in [3.63, 3.8) is 0 Å². The minimum atomic E-state index is -3.84.